The number of aromatic amines is 1. The first-order valence-corrected chi connectivity index (χ1v) is 11.0. The van der Waals surface area contributed by atoms with Crippen molar-refractivity contribution in [3.8, 4) is 11.1 Å². The summed E-state index contributed by atoms with van der Waals surface area (Å²) in [5.41, 5.74) is 14.3. The molecule has 1 amide bonds. The zero-order valence-electron chi connectivity index (χ0n) is 17.9. The Balaban J connectivity index is 1.46. The van der Waals surface area contributed by atoms with Crippen LogP contribution in [-0.4, -0.2) is 44.7 Å². The molecule has 1 unspecified atom stereocenters. The Morgan fingerprint density at radius 3 is 2.62 bits per heavy atom. The summed E-state index contributed by atoms with van der Waals surface area (Å²) in [5.74, 6) is 0.956. The second-order valence-electron chi connectivity index (χ2n) is 8.07. The molecule has 1 saturated heterocycles. The number of benzene rings is 1. The average molecular weight is 455 g/mol. The van der Waals surface area contributed by atoms with E-state index < -0.39 is 5.54 Å². The smallest absolute Gasteiger partial charge is 0.240 e. The SMILES string of the molecule is CCC(NC(=O)C1(N)CCN(c2ncnc(N)c2-c2cn[nH]c2)CC1)c1ccc(Cl)cc1. The molecule has 1 atom stereocenters. The van der Waals surface area contributed by atoms with Crippen molar-refractivity contribution in [2.24, 2.45) is 5.73 Å². The van der Waals surface area contributed by atoms with Gasteiger partial charge in [0.1, 0.15) is 18.0 Å². The first kappa shape index (κ1) is 22.0. The number of hydrogen-bond acceptors (Lipinski definition) is 7. The zero-order valence-corrected chi connectivity index (χ0v) is 18.6. The number of halogens is 1. The predicted molar refractivity (Wildman–Crippen MR) is 125 cm³/mol. The average Bonchev–Trinajstić information content (AvgIpc) is 3.33. The molecule has 1 aromatic carbocycles. The molecule has 1 aliphatic heterocycles. The third-order valence-corrected chi connectivity index (χ3v) is 6.29. The summed E-state index contributed by atoms with van der Waals surface area (Å²) < 4.78 is 0. The summed E-state index contributed by atoms with van der Waals surface area (Å²) in [6.45, 7) is 3.17. The lowest BCUT2D eigenvalue weighted by Gasteiger charge is -2.39. The second-order valence-corrected chi connectivity index (χ2v) is 8.51. The number of hydrogen-bond donors (Lipinski definition) is 4. The normalized spacial score (nSPS) is 16.5. The molecule has 0 bridgehead atoms. The van der Waals surface area contributed by atoms with Crippen LogP contribution in [0.2, 0.25) is 5.02 Å². The van der Waals surface area contributed by atoms with Crippen LogP contribution in [0.25, 0.3) is 11.1 Å². The quantitative estimate of drug-likeness (QED) is 0.449. The van der Waals surface area contributed by atoms with Crippen molar-refractivity contribution in [3.63, 3.8) is 0 Å². The number of amides is 1. The Morgan fingerprint density at radius 2 is 2.00 bits per heavy atom. The summed E-state index contributed by atoms with van der Waals surface area (Å²) >= 11 is 5.99. The van der Waals surface area contributed by atoms with Crippen molar-refractivity contribution in [2.75, 3.05) is 23.7 Å². The number of nitrogens with one attached hydrogen (secondary N) is 2. The fraction of sp³-hybridized carbons (Fsp3) is 0.364. The topological polar surface area (TPSA) is 139 Å². The molecular weight excluding hydrogens is 428 g/mol. The van der Waals surface area contributed by atoms with Gasteiger partial charge in [-0.15, -0.1) is 0 Å². The third-order valence-electron chi connectivity index (χ3n) is 6.04. The van der Waals surface area contributed by atoms with Crippen LogP contribution in [-0.2, 0) is 4.79 Å². The van der Waals surface area contributed by atoms with Crippen LogP contribution in [0.5, 0.6) is 0 Å². The van der Waals surface area contributed by atoms with E-state index in [2.05, 4.69) is 30.4 Å². The Labute approximate surface area is 191 Å². The molecule has 9 nitrogen and oxygen atoms in total. The van der Waals surface area contributed by atoms with E-state index in [0.29, 0.717) is 42.6 Å². The van der Waals surface area contributed by atoms with Gasteiger partial charge in [-0.2, -0.15) is 5.10 Å². The standard InChI is InChI=1S/C22H27ClN8O/c1-2-17(14-3-5-16(23)6-4-14)30-21(32)22(25)7-9-31(10-8-22)20-18(15-11-28-29-12-15)19(24)26-13-27-20/h3-6,11-13,17H,2,7-10,25H2,1H3,(H,28,29)(H,30,32)(H2,24,26,27). The number of H-pyrrole nitrogens is 1. The van der Waals surface area contributed by atoms with Gasteiger partial charge in [-0.25, -0.2) is 9.97 Å². The molecule has 2 aromatic heterocycles. The van der Waals surface area contributed by atoms with Gasteiger partial charge in [0.2, 0.25) is 5.91 Å². The Kier molecular flexibility index (Phi) is 6.29. The van der Waals surface area contributed by atoms with E-state index >= 15 is 0 Å². The summed E-state index contributed by atoms with van der Waals surface area (Å²) in [4.78, 5) is 23.8. The molecule has 6 N–H and O–H groups in total. The highest BCUT2D eigenvalue weighted by molar-refractivity contribution is 6.30. The molecule has 0 saturated carbocycles. The van der Waals surface area contributed by atoms with Crippen LogP contribution in [0.15, 0.2) is 43.0 Å². The zero-order chi connectivity index (χ0) is 22.7. The molecule has 0 radical (unpaired) electrons. The van der Waals surface area contributed by atoms with Gasteiger partial charge >= 0.3 is 0 Å². The maximum absolute atomic E-state index is 13.1. The second kappa shape index (κ2) is 9.13. The number of nitrogen functional groups attached to an aromatic ring is 1. The van der Waals surface area contributed by atoms with Crippen molar-refractivity contribution >= 4 is 29.1 Å². The van der Waals surface area contributed by atoms with Crippen molar-refractivity contribution in [1.82, 2.24) is 25.5 Å². The molecule has 0 aliphatic carbocycles. The van der Waals surface area contributed by atoms with E-state index in [4.69, 9.17) is 23.1 Å². The Hall–Kier alpha value is -3.17. The molecule has 168 valence electrons. The summed E-state index contributed by atoms with van der Waals surface area (Å²) in [6, 6.07) is 7.40. The van der Waals surface area contributed by atoms with Crippen molar-refractivity contribution in [3.05, 3.63) is 53.6 Å². The van der Waals surface area contributed by atoms with Crippen molar-refractivity contribution in [2.45, 2.75) is 37.8 Å². The van der Waals surface area contributed by atoms with Crippen LogP contribution < -0.4 is 21.7 Å². The van der Waals surface area contributed by atoms with E-state index in [0.717, 1.165) is 23.1 Å². The van der Waals surface area contributed by atoms with E-state index in [1.165, 1.54) is 6.33 Å². The minimum Gasteiger partial charge on any atom is -0.383 e. The van der Waals surface area contributed by atoms with Gasteiger partial charge < -0.3 is 21.7 Å². The lowest BCUT2D eigenvalue weighted by molar-refractivity contribution is -0.127. The van der Waals surface area contributed by atoms with Crippen LogP contribution in [0.4, 0.5) is 11.6 Å². The number of piperidine rings is 1. The molecule has 32 heavy (non-hydrogen) atoms. The number of carbonyl (C=O) groups excluding carboxylic acids is 1. The number of nitrogens with two attached hydrogens (primary N) is 2. The van der Waals surface area contributed by atoms with E-state index in [-0.39, 0.29) is 11.9 Å². The summed E-state index contributed by atoms with van der Waals surface area (Å²) in [6.07, 6.45) is 6.62. The van der Waals surface area contributed by atoms with E-state index in [1.54, 1.807) is 12.4 Å². The number of anilines is 2. The first-order valence-electron chi connectivity index (χ1n) is 10.6. The van der Waals surface area contributed by atoms with Gasteiger partial charge in [0, 0.05) is 29.9 Å². The van der Waals surface area contributed by atoms with Gasteiger partial charge in [-0.1, -0.05) is 30.7 Å². The van der Waals surface area contributed by atoms with Gasteiger partial charge in [-0.05, 0) is 37.0 Å². The lowest BCUT2D eigenvalue weighted by Crippen LogP contribution is -2.60. The summed E-state index contributed by atoms with van der Waals surface area (Å²) in [5, 5.41) is 10.6. The number of carbonyl (C=O) groups is 1. The fourth-order valence-corrected chi connectivity index (χ4v) is 4.18. The highest BCUT2D eigenvalue weighted by Gasteiger charge is 2.39. The van der Waals surface area contributed by atoms with Gasteiger partial charge in [-0.3, -0.25) is 9.89 Å². The van der Waals surface area contributed by atoms with Crippen LogP contribution in [0, 0.1) is 0 Å². The minimum absolute atomic E-state index is 0.118. The Bertz CT molecular complexity index is 1060. The predicted octanol–water partition coefficient (Wildman–Crippen LogP) is 2.67. The van der Waals surface area contributed by atoms with Crippen LogP contribution in [0.1, 0.15) is 37.8 Å². The van der Waals surface area contributed by atoms with Gasteiger partial charge in [0.05, 0.1) is 23.3 Å². The largest absolute Gasteiger partial charge is 0.383 e. The van der Waals surface area contributed by atoms with Gasteiger partial charge in [0.25, 0.3) is 0 Å². The van der Waals surface area contributed by atoms with Gasteiger partial charge in [0.15, 0.2) is 0 Å². The molecule has 10 heteroatoms. The van der Waals surface area contributed by atoms with E-state index in [9.17, 15) is 4.79 Å². The summed E-state index contributed by atoms with van der Waals surface area (Å²) in [7, 11) is 0. The molecule has 4 rings (SSSR count). The highest BCUT2D eigenvalue weighted by Crippen LogP contribution is 2.35. The number of nitrogens with zero attached hydrogens (tertiary/aromatic N) is 4. The molecular formula is C22H27ClN8O. The lowest BCUT2D eigenvalue weighted by atomic mass is 9.86. The fourth-order valence-electron chi connectivity index (χ4n) is 4.06. The number of rotatable bonds is 6. The molecule has 3 heterocycles. The maximum atomic E-state index is 13.1. The monoisotopic (exact) mass is 454 g/mol. The minimum atomic E-state index is -0.954. The molecule has 3 aromatic rings. The number of aromatic nitrogens is 4. The third kappa shape index (κ3) is 4.39. The van der Waals surface area contributed by atoms with Crippen LogP contribution in [0.3, 0.4) is 0 Å². The molecule has 1 aliphatic rings. The Morgan fingerprint density at radius 1 is 1.28 bits per heavy atom. The molecule has 0 spiro atoms. The first-order chi connectivity index (χ1) is 15.4. The van der Waals surface area contributed by atoms with Crippen molar-refractivity contribution in [1.29, 1.82) is 0 Å². The van der Waals surface area contributed by atoms with Crippen molar-refractivity contribution < 1.29 is 4.79 Å². The molecule has 1 fully saturated rings. The highest BCUT2D eigenvalue weighted by atomic mass is 35.5. The van der Waals surface area contributed by atoms with E-state index in [1.807, 2.05) is 31.2 Å². The maximum Gasteiger partial charge on any atom is 0.240 e. The van der Waals surface area contributed by atoms with Crippen LogP contribution >= 0.6 is 11.6 Å².